The summed E-state index contributed by atoms with van der Waals surface area (Å²) < 4.78 is 0.750. The van der Waals surface area contributed by atoms with Gasteiger partial charge in [-0.1, -0.05) is 29.3 Å². The molecule has 0 fully saturated rings. The number of rotatable bonds is 6. The third-order valence-corrected chi connectivity index (χ3v) is 4.12. The number of fused-ring (bicyclic) bond motifs is 1. The van der Waals surface area contributed by atoms with E-state index < -0.39 is 0 Å². The molecule has 5 nitrogen and oxygen atoms in total. The van der Waals surface area contributed by atoms with E-state index in [9.17, 15) is 14.4 Å². The van der Waals surface area contributed by atoms with Gasteiger partial charge in [-0.15, -0.1) is 0 Å². The molecule has 0 aliphatic carbocycles. The van der Waals surface area contributed by atoms with Gasteiger partial charge in [-0.05, 0) is 31.5 Å². The number of nitrogens with zero attached hydrogens (tertiary/aromatic N) is 1. The molecule has 0 bridgehead atoms. The van der Waals surface area contributed by atoms with Crippen LogP contribution in [0.4, 0.5) is 0 Å². The topological polar surface area (TPSA) is 66.5 Å². The van der Waals surface area contributed by atoms with Crippen LogP contribution in [0.2, 0.25) is 0 Å². The highest BCUT2D eigenvalue weighted by atomic mass is 79.9. The quantitative estimate of drug-likeness (QED) is 0.787. The maximum Gasteiger partial charge on any atom is 0.261 e. The van der Waals surface area contributed by atoms with E-state index in [1.54, 1.807) is 18.2 Å². The number of carbonyl (C=O) groups is 3. The molecule has 1 atom stereocenters. The fraction of sp³-hybridized carbons (Fsp3) is 0.438. The van der Waals surface area contributed by atoms with Gasteiger partial charge in [0.05, 0.1) is 11.1 Å². The Kier molecular flexibility index (Phi) is 5.34. The van der Waals surface area contributed by atoms with Crippen molar-refractivity contribution >= 4 is 33.7 Å². The molecule has 1 heterocycles. The first-order valence-electron chi connectivity index (χ1n) is 7.39. The van der Waals surface area contributed by atoms with Crippen LogP contribution < -0.4 is 5.32 Å². The first kappa shape index (κ1) is 16.7. The van der Waals surface area contributed by atoms with Gasteiger partial charge in [-0.25, -0.2) is 0 Å². The highest BCUT2D eigenvalue weighted by Gasteiger charge is 2.35. The van der Waals surface area contributed by atoms with E-state index in [0.29, 0.717) is 11.1 Å². The van der Waals surface area contributed by atoms with Crippen molar-refractivity contribution in [3.05, 3.63) is 33.8 Å². The molecule has 1 N–H and O–H groups in total. The zero-order valence-corrected chi connectivity index (χ0v) is 14.3. The predicted octanol–water partition coefficient (Wildman–Crippen LogP) is 2.74. The fourth-order valence-corrected chi connectivity index (χ4v) is 2.89. The summed E-state index contributed by atoms with van der Waals surface area (Å²) in [5.41, 5.74) is 0.784. The molecule has 0 radical (unpaired) electrons. The molecule has 1 aromatic carbocycles. The van der Waals surface area contributed by atoms with Crippen LogP contribution in [0.3, 0.4) is 0 Å². The molecule has 3 amide bonds. The Morgan fingerprint density at radius 3 is 2.64 bits per heavy atom. The maximum atomic E-state index is 12.2. The Labute approximate surface area is 138 Å². The van der Waals surface area contributed by atoms with Gasteiger partial charge in [0.25, 0.3) is 11.8 Å². The van der Waals surface area contributed by atoms with Crippen LogP contribution in [-0.2, 0) is 4.79 Å². The van der Waals surface area contributed by atoms with Gasteiger partial charge in [0.2, 0.25) is 5.91 Å². The molecule has 0 saturated carbocycles. The zero-order chi connectivity index (χ0) is 16.3. The molecule has 0 unspecified atom stereocenters. The normalized spacial score (nSPS) is 15.0. The molecule has 6 heteroatoms. The van der Waals surface area contributed by atoms with E-state index in [-0.39, 0.29) is 36.7 Å². The second kappa shape index (κ2) is 7.05. The standard InChI is InChI=1S/C16H19BrN2O3/c1-3-4-10(2)18-14(20)7-8-19-15(21)12-6-5-11(17)9-13(12)16(19)22/h5-6,9-10H,3-4,7-8H2,1-2H3,(H,18,20)/t10-/m1/s1. The summed E-state index contributed by atoms with van der Waals surface area (Å²) in [5, 5.41) is 2.87. The van der Waals surface area contributed by atoms with Crippen molar-refractivity contribution < 1.29 is 14.4 Å². The van der Waals surface area contributed by atoms with E-state index >= 15 is 0 Å². The average Bonchev–Trinajstić information content (AvgIpc) is 2.68. The minimum absolute atomic E-state index is 0.106. The van der Waals surface area contributed by atoms with Crippen molar-refractivity contribution in [2.45, 2.75) is 39.2 Å². The van der Waals surface area contributed by atoms with Gasteiger partial charge in [0.1, 0.15) is 0 Å². The first-order valence-corrected chi connectivity index (χ1v) is 8.18. The van der Waals surface area contributed by atoms with Crippen LogP contribution in [0.15, 0.2) is 22.7 Å². The lowest BCUT2D eigenvalue weighted by molar-refractivity contribution is -0.121. The fourth-order valence-electron chi connectivity index (χ4n) is 2.53. The lowest BCUT2D eigenvalue weighted by Crippen LogP contribution is -2.37. The molecule has 0 saturated heterocycles. The van der Waals surface area contributed by atoms with E-state index in [2.05, 4.69) is 28.2 Å². The molecule has 0 aromatic heterocycles. The van der Waals surface area contributed by atoms with Gasteiger partial charge < -0.3 is 5.32 Å². The number of benzene rings is 1. The van der Waals surface area contributed by atoms with Gasteiger partial charge in [0.15, 0.2) is 0 Å². The van der Waals surface area contributed by atoms with Crippen LogP contribution in [0.25, 0.3) is 0 Å². The number of imide groups is 1. The van der Waals surface area contributed by atoms with Crippen LogP contribution >= 0.6 is 15.9 Å². The van der Waals surface area contributed by atoms with Crippen LogP contribution in [0.5, 0.6) is 0 Å². The SMILES string of the molecule is CCC[C@@H](C)NC(=O)CCN1C(=O)c2ccc(Br)cc2C1=O. The molecule has 2 rings (SSSR count). The second-order valence-electron chi connectivity index (χ2n) is 5.46. The van der Waals surface area contributed by atoms with Gasteiger partial charge in [-0.3, -0.25) is 19.3 Å². The van der Waals surface area contributed by atoms with E-state index in [1.165, 1.54) is 0 Å². The summed E-state index contributed by atoms with van der Waals surface area (Å²) in [6, 6.07) is 5.10. The van der Waals surface area contributed by atoms with Crippen LogP contribution in [0.1, 0.15) is 53.8 Å². The number of carbonyl (C=O) groups excluding carboxylic acids is 3. The van der Waals surface area contributed by atoms with Gasteiger partial charge >= 0.3 is 0 Å². The molecule has 1 aromatic rings. The molecular weight excluding hydrogens is 348 g/mol. The molecule has 118 valence electrons. The Balaban J connectivity index is 1.96. The van der Waals surface area contributed by atoms with E-state index in [1.807, 2.05) is 6.92 Å². The highest BCUT2D eigenvalue weighted by molar-refractivity contribution is 9.10. The molecule has 1 aliphatic rings. The summed E-state index contributed by atoms with van der Waals surface area (Å²) >= 11 is 3.29. The van der Waals surface area contributed by atoms with Crippen molar-refractivity contribution in [1.82, 2.24) is 10.2 Å². The largest absolute Gasteiger partial charge is 0.354 e. The summed E-state index contributed by atoms with van der Waals surface area (Å²) in [6.07, 6.45) is 2.03. The van der Waals surface area contributed by atoms with Crippen molar-refractivity contribution in [1.29, 1.82) is 0 Å². The van der Waals surface area contributed by atoms with Crippen molar-refractivity contribution in [2.24, 2.45) is 0 Å². The molecule has 0 spiro atoms. The van der Waals surface area contributed by atoms with Crippen LogP contribution in [-0.4, -0.2) is 35.2 Å². The minimum atomic E-state index is -0.337. The lowest BCUT2D eigenvalue weighted by Gasteiger charge is -2.16. The number of nitrogens with one attached hydrogen (secondary N) is 1. The Hall–Kier alpha value is -1.69. The minimum Gasteiger partial charge on any atom is -0.354 e. The average molecular weight is 367 g/mol. The van der Waals surface area contributed by atoms with E-state index in [4.69, 9.17) is 0 Å². The molecular formula is C16H19BrN2O3. The summed E-state index contributed by atoms with van der Waals surface area (Å²) in [4.78, 5) is 37.5. The van der Waals surface area contributed by atoms with Gasteiger partial charge in [0, 0.05) is 23.5 Å². The smallest absolute Gasteiger partial charge is 0.261 e. The van der Waals surface area contributed by atoms with Gasteiger partial charge in [-0.2, -0.15) is 0 Å². The Bertz CT molecular complexity index is 615. The predicted molar refractivity (Wildman–Crippen MR) is 86.6 cm³/mol. The van der Waals surface area contributed by atoms with Crippen molar-refractivity contribution in [2.75, 3.05) is 6.54 Å². The van der Waals surface area contributed by atoms with Crippen molar-refractivity contribution in [3.63, 3.8) is 0 Å². The van der Waals surface area contributed by atoms with E-state index in [0.717, 1.165) is 22.2 Å². The molecule has 22 heavy (non-hydrogen) atoms. The zero-order valence-electron chi connectivity index (χ0n) is 12.7. The van der Waals surface area contributed by atoms with Crippen LogP contribution in [0, 0.1) is 0 Å². The number of amides is 3. The first-order chi connectivity index (χ1) is 10.4. The maximum absolute atomic E-state index is 12.2. The second-order valence-corrected chi connectivity index (χ2v) is 6.37. The third kappa shape index (κ3) is 3.55. The number of halogens is 1. The summed E-state index contributed by atoms with van der Waals surface area (Å²) in [6.45, 7) is 4.11. The Morgan fingerprint density at radius 1 is 1.27 bits per heavy atom. The number of hydrogen-bond donors (Lipinski definition) is 1. The lowest BCUT2D eigenvalue weighted by atomic mass is 10.1. The highest BCUT2D eigenvalue weighted by Crippen LogP contribution is 2.26. The van der Waals surface area contributed by atoms with Crippen molar-refractivity contribution in [3.8, 4) is 0 Å². The third-order valence-electron chi connectivity index (χ3n) is 3.62. The number of hydrogen-bond acceptors (Lipinski definition) is 3. The summed E-state index contributed by atoms with van der Waals surface area (Å²) in [7, 11) is 0. The summed E-state index contributed by atoms with van der Waals surface area (Å²) in [5.74, 6) is -0.809. The Morgan fingerprint density at radius 2 is 1.95 bits per heavy atom. The molecule has 1 aliphatic heterocycles. The monoisotopic (exact) mass is 366 g/mol.